The van der Waals surface area contributed by atoms with Gasteiger partial charge in [0, 0.05) is 3.57 Å². The number of oxime groups is 1. The number of hydrogen-bond acceptors (Lipinski definition) is 2. The lowest BCUT2D eigenvalue weighted by atomic mass is 10.1. The van der Waals surface area contributed by atoms with Crippen molar-refractivity contribution in [3.05, 3.63) is 33.4 Å². The summed E-state index contributed by atoms with van der Waals surface area (Å²) in [6, 6.07) is 8.15. The van der Waals surface area contributed by atoms with Crippen LogP contribution in [0.25, 0.3) is 0 Å². The summed E-state index contributed by atoms with van der Waals surface area (Å²) < 4.78 is 1.22. The van der Waals surface area contributed by atoms with Crippen LogP contribution >= 0.6 is 22.6 Å². The van der Waals surface area contributed by atoms with Crippen LogP contribution in [0.15, 0.2) is 29.4 Å². The Balaban J connectivity index is 2.89. The summed E-state index contributed by atoms with van der Waals surface area (Å²) in [5, 5.41) is 3.84. The molecule has 0 saturated heterocycles. The Morgan fingerprint density at radius 2 is 1.92 bits per heavy atom. The Labute approximate surface area is 85.8 Å². The van der Waals surface area contributed by atoms with Gasteiger partial charge in [-0.15, -0.1) is 0 Å². The van der Waals surface area contributed by atoms with Crippen LogP contribution in [0.2, 0.25) is 0 Å². The second-order valence-corrected chi connectivity index (χ2v) is 3.61. The lowest BCUT2D eigenvalue weighted by Gasteiger charge is -1.98. The lowest BCUT2D eigenvalue weighted by Crippen LogP contribution is -1.94. The Hall–Kier alpha value is -0.580. The maximum absolute atomic E-state index is 4.67. The van der Waals surface area contributed by atoms with E-state index in [0.29, 0.717) is 0 Å². The minimum Gasteiger partial charge on any atom is -0.399 e. The first kappa shape index (κ1) is 9.51. The van der Waals surface area contributed by atoms with Crippen LogP contribution in [0.3, 0.4) is 0 Å². The highest BCUT2D eigenvalue weighted by Crippen LogP contribution is 2.07. The monoisotopic (exact) mass is 275 g/mol. The zero-order chi connectivity index (χ0) is 8.97. The van der Waals surface area contributed by atoms with Crippen molar-refractivity contribution in [2.75, 3.05) is 7.11 Å². The summed E-state index contributed by atoms with van der Waals surface area (Å²) in [7, 11) is 1.55. The Morgan fingerprint density at radius 3 is 2.42 bits per heavy atom. The molecule has 0 aliphatic carbocycles. The van der Waals surface area contributed by atoms with Crippen molar-refractivity contribution in [2.24, 2.45) is 5.16 Å². The van der Waals surface area contributed by atoms with E-state index in [2.05, 4.69) is 32.6 Å². The highest BCUT2D eigenvalue weighted by molar-refractivity contribution is 14.1. The Morgan fingerprint density at radius 1 is 1.33 bits per heavy atom. The van der Waals surface area contributed by atoms with Crippen molar-refractivity contribution >= 4 is 28.3 Å². The molecule has 0 aromatic heterocycles. The first-order chi connectivity index (χ1) is 5.74. The molecule has 0 radical (unpaired) electrons. The highest BCUT2D eigenvalue weighted by atomic mass is 127. The van der Waals surface area contributed by atoms with E-state index < -0.39 is 0 Å². The molecular formula is C9H10INO. The largest absolute Gasteiger partial charge is 0.399 e. The third-order valence-electron chi connectivity index (χ3n) is 1.49. The van der Waals surface area contributed by atoms with E-state index in [1.807, 2.05) is 31.2 Å². The van der Waals surface area contributed by atoms with Crippen LogP contribution in [0.4, 0.5) is 0 Å². The molecule has 0 unspecified atom stereocenters. The van der Waals surface area contributed by atoms with Gasteiger partial charge in [0.15, 0.2) is 0 Å². The molecule has 1 aromatic carbocycles. The molecule has 0 aliphatic heterocycles. The summed E-state index contributed by atoms with van der Waals surface area (Å²) in [5.41, 5.74) is 1.99. The van der Waals surface area contributed by atoms with Crippen LogP contribution in [-0.2, 0) is 4.84 Å². The van der Waals surface area contributed by atoms with Gasteiger partial charge in [0.1, 0.15) is 7.11 Å². The van der Waals surface area contributed by atoms with Crippen LogP contribution in [0.1, 0.15) is 12.5 Å². The van der Waals surface area contributed by atoms with Gasteiger partial charge in [-0.2, -0.15) is 0 Å². The minimum absolute atomic E-state index is 0.897. The normalized spacial score (nSPS) is 11.4. The first-order valence-corrected chi connectivity index (χ1v) is 4.65. The first-order valence-electron chi connectivity index (χ1n) is 3.57. The van der Waals surface area contributed by atoms with E-state index in [1.165, 1.54) is 3.57 Å². The van der Waals surface area contributed by atoms with Crippen molar-refractivity contribution in [2.45, 2.75) is 6.92 Å². The molecule has 0 bridgehead atoms. The third kappa shape index (κ3) is 2.48. The molecule has 1 rings (SSSR count). The maximum Gasteiger partial charge on any atom is 0.106 e. The number of rotatable bonds is 2. The lowest BCUT2D eigenvalue weighted by molar-refractivity contribution is 0.213. The molecule has 12 heavy (non-hydrogen) atoms. The fourth-order valence-electron chi connectivity index (χ4n) is 0.881. The molecule has 0 heterocycles. The minimum atomic E-state index is 0.897. The molecule has 0 N–H and O–H groups in total. The average molecular weight is 275 g/mol. The summed E-state index contributed by atoms with van der Waals surface area (Å²) in [6.07, 6.45) is 0. The van der Waals surface area contributed by atoms with E-state index in [-0.39, 0.29) is 0 Å². The molecule has 0 atom stereocenters. The quantitative estimate of drug-likeness (QED) is 0.462. The van der Waals surface area contributed by atoms with Gasteiger partial charge in [-0.1, -0.05) is 17.3 Å². The van der Waals surface area contributed by atoms with Crippen LogP contribution in [-0.4, -0.2) is 12.8 Å². The van der Waals surface area contributed by atoms with Crippen LogP contribution < -0.4 is 0 Å². The average Bonchev–Trinajstić information content (AvgIpc) is 2.06. The van der Waals surface area contributed by atoms with E-state index in [1.54, 1.807) is 7.11 Å². The molecular weight excluding hydrogens is 265 g/mol. The number of halogens is 1. The van der Waals surface area contributed by atoms with Crippen LogP contribution in [0.5, 0.6) is 0 Å². The van der Waals surface area contributed by atoms with Gasteiger partial charge < -0.3 is 4.84 Å². The smallest absolute Gasteiger partial charge is 0.106 e. The fourth-order valence-corrected chi connectivity index (χ4v) is 1.24. The second-order valence-electron chi connectivity index (χ2n) is 2.37. The van der Waals surface area contributed by atoms with E-state index in [9.17, 15) is 0 Å². The molecule has 0 spiro atoms. The molecule has 1 aromatic rings. The SMILES string of the molecule is CO/N=C(/C)c1ccc(I)cc1. The van der Waals surface area contributed by atoms with Crippen molar-refractivity contribution in [1.29, 1.82) is 0 Å². The summed E-state index contributed by atoms with van der Waals surface area (Å²) in [6.45, 7) is 1.92. The predicted molar refractivity (Wildman–Crippen MR) is 58.4 cm³/mol. The summed E-state index contributed by atoms with van der Waals surface area (Å²) in [4.78, 5) is 4.67. The number of nitrogens with zero attached hydrogens (tertiary/aromatic N) is 1. The van der Waals surface area contributed by atoms with E-state index >= 15 is 0 Å². The summed E-state index contributed by atoms with van der Waals surface area (Å²) >= 11 is 2.27. The van der Waals surface area contributed by atoms with Crippen LogP contribution in [0, 0.1) is 3.57 Å². The number of hydrogen-bond donors (Lipinski definition) is 0. The van der Waals surface area contributed by atoms with Gasteiger partial charge in [0.2, 0.25) is 0 Å². The summed E-state index contributed by atoms with van der Waals surface area (Å²) in [5.74, 6) is 0. The zero-order valence-electron chi connectivity index (χ0n) is 7.04. The topological polar surface area (TPSA) is 21.6 Å². The maximum atomic E-state index is 4.67. The molecule has 0 aliphatic rings. The van der Waals surface area contributed by atoms with Gasteiger partial charge in [-0.25, -0.2) is 0 Å². The van der Waals surface area contributed by atoms with Crippen molar-refractivity contribution < 1.29 is 4.84 Å². The second kappa shape index (κ2) is 4.45. The van der Waals surface area contributed by atoms with Gasteiger partial charge in [-0.05, 0) is 47.2 Å². The predicted octanol–water partition coefficient (Wildman–Crippen LogP) is 2.66. The molecule has 0 amide bonds. The fraction of sp³-hybridized carbons (Fsp3) is 0.222. The highest BCUT2D eigenvalue weighted by Gasteiger charge is 1.96. The van der Waals surface area contributed by atoms with Gasteiger partial charge >= 0.3 is 0 Å². The standard InChI is InChI=1S/C9H10INO/c1-7(11-12-2)8-3-5-9(10)6-4-8/h3-6H,1-2H3/b11-7-. The Kier molecular flexibility index (Phi) is 3.52. The molecule has 2 nitrogen and oxygen atoms in total. The Bertz CT molecular complexity index is 279. The van der Waals surface area contributed by atoms with E-state index in [0.717, 1.165) is 11.3 Å². The van der Waals surface area contributed by atoms with Gasteiger partial charge in [-0.3, -0.25) is 0 Å². The third-order valence-corrected chi connectivity index (χ3v) is 2.21. The van der Waals surface area contributed by atoms with Crippen molar-refractivity contribution in [1.82, 2.24) is 0 Å². The van der Waals surface area contributed by atoms with Gasteiger partial charge in [0.25, 0.3) is 0 Å². The molecule has 64 valence electrons. The van der Waals surface area contributed by atoms with Crippen molar-refractivity contribution in [3.63, 3.8) is 0 Å². The zero-order valence-corrected chi connectivity index (χ0v) is 9.20. The molecule has 0 saturated carbocycles. The molecule has 3 heteroatoms. The molecule has 0 fully saturated rings. The number of benzene rings is 1. The van der Waals surface area contributed by atoms with Gasteiger partial charge in [0.05, 0.1) is 5.71 Å². The van der Waals surface area contributed by atoms with Crippen molar-refractivity contribution in [3.8, 4) is 0 Å². The van der Waals surface area contributed by atoms with E-state index in [4.69, 9.17) is 0 Å².